The Bertz CT molecular complexity index is 454. The van der Waals surface area contributed by atoms with Crippen LogP contribution in [0.15, 0.2) is 12.2 Å². The second-order valence-corrected chi connectivity index (χ2v) is 7.95. The molecular weight excluding hydrogens is 300 g/mol. The molecule has 3 nitrogen and oxygen atoms in total. The first kappa shape index (κ1) is 19.2. The predicted molar refractivity (Wildman–Crippen MR) is 96.8 cm³/mol. The fourth-order valence-electron chi connectivity index (χ4n) is 4.42. The van der Waals surface area contributed by atoms with E-state index in [-0.39, 0.29) is 12.3 Å². The highest BCUT2D eigenvalue weighted by Gasteiger charge is 2.59. The first-order chi connectivity index (χ1) is 11.5. The molecule has 24 heavy (non-hydrogen) atoms. The summed E-state index contributed by atoms with van der Waals surface area (Å²) >= 11 is 0. The molecule has 0 bridgehead atoms. The largest absolute Gasteiger partial charge is 0.481 e. The molecule has 2 aliphatic carbocycles. The molecule has 1 N–H and O–H groups in total. The average Bonchev–Trinajstić information content (AvgIpc) is 3.10. The van der Waals surface area contributed by atoms with Gasteiger partial charge in [0.25, 0.3) is 0 Å². The van der Waals surface area contributed by atoms with Crippen LogP contribution in [0.5, 0.6) is 0 Å². The van der Waals surface area contributed by atoms with Crippen molar-refractivity contribution in [3.8, 4) is 0 Å². The van der Waals surface area contributed by atoms with Crippen LogP contribution >= 0.6 is 0 Å². The second-order valence-electron chi connectivity index (χ2n) is 7.95. The maximum Gasteiger partial charge on any atom is 0.303 e. The maximum atomic E-state index is 12.1. The summed E-state index contributed by atoms with van der Waals surface area (Å²) in [5, 5.41) is 8.63. The summed E-state index contributed by atoms with van der Waals surface area (Å²) in [6.45, 7) is 4.53. The minimum atomic E-state index is -0.704. The van der Waals surface area contributed by atoms with E-state index in [1.165, 1.54) is 19.3 Å². The summed E-state index contributed by atoms with van der Waals surface area (Å²) in [6.07, 6.45) is 14.6. The molecule has 0 aliphatic heterocycles. The number of fused-ring (bicyclic) bond motifs is 1. The number of rotatable bonds is 12. The first-order valence-electron chi connectivity index (χ1n) is 9.97. The number of aliphatic carboxylic acids is 1. The van der Waals surface area contributed by atoms with Crippen LogP contribution in [-0.4, -0.2) is 16.9 Å². The molecule has 0 aromatic heterocycles. The van der Waals surface area contributed by atoms with E-state index in [0.29, 0.717) is 29.5 Å². The standard InChI is InChI=1S/C21H34O3/c1-3-4-9-15(2)12-13-16-18-14-19(22)17(21(16)18)10-7-5-6-8-11-20(23)24/h12-13,15-18,21H,3-11,14H2,1-2H3,(H,23,24)/t15?,16?,17-,18?,21?/m1/s1. The number of carbonyl (C=O) groups is 2. The summed E-state index contributed by atoms with van der Waals surface area (Å²) in [7, 11) is 0. The maximum absolute atomic E-state index is 12.1. The van der Waals surface area contributed by atoms with Gasteiger partial charge in [0.15, 0.2) is 0 Å². The molecule has 5 atom stereocenters. The van der Waals surface area contributed by atoms with E-state index in [2.05, 4.69) is 26.0 Å². The van der Waals surface area contributed by atoms with Gasteiger partial charge in [-0.2, -0.15) is 0 Å². The van der Waals surface area contributed by atoms with Gasteiger partial charge >= 0.3 is 5.97 Å². The summed E-state index contributed by atoms with van der Waals surface area (Å²) in [4.78, 5) is 22.6. The van der Waals surface area contributed by atoms with Crippen molar-refractivity contribution >= 4 is 11.8 Å². The van der Waals surface area contributed by atoms with Crippen molar-refractivity contribution in [1.82, 2.24) is 0 Å². The fourth-order valence-corrected chi connectivity index (χ4v) is 4.42. The fraction of sp³-hybridized carbons (Fsp3) is 0.810. The Morgan fingerprint density at radius 3 is 2.71 bits per heavy atom. The number of hydrogen-bond donors (Lipinski definition) is 1. The zero-order valence-corrected chi connectivity index (χ0v) is 15.4. The lowest BCUT2D eigenvalue weighted by Crippen LogP contribution is -2.13. The SMILES string of the molecule is CCCCC(C)C=CC1C2CC(=O)[C@@H](CCCCCCC(=O)O)C12. The molecule has 0 amide bonds. The second kappa shape index (κ2) is 9.39. The third kappa shape index (κ3) is 5.46. The van der Waals surface area contributed by atoms with Gasteiger partial charge in [0, 0.05) is 18.8 Å². The number of unbranched alkanes of at least 4 members (excludes halogenated alkanes) is 4. The van der Waals surface area contributed by atoms with E-state index in [9.17, 15) is 9.59 Å². The molecule has 0 aromatic rings. The molecular formula is C21H34O3. The van der Waals surface area contributed by atoms with Gasteiger partial charge in [-0.15, -0.1) is 0 Å². The zero-order chi connectivity index (χ0) is 17.5. The van der Waals surface area contributed by atoms with Gasteiger partial charge in [0.2, 0.25) is 0 Å². The topological polar surface area (TPSA) is 54.4 Å². The molecule has 0 heterocycles. The number of carboxylic acid groups (broad SMARTS) is 1. The van der Waals surface area contributed by atoms with Crippen molar-refractivity contribution in [3.05, 3.63) is 12.2 Å². The van der Waals surface area contributed by atoms with E-state index in [1.807, 2.05) is 0 Å². The molecule has 0 radical (unpaired) electrons. The molecule has 3 heteroatoms. The smallest absolute Gasteiger partial charge is 0.303 e. The van der Waals surface area contributed by atoms with E-state index in [0.717, 1.165) is 38.5 Å². The van der Waals surface area contributed by atoms with Crippen molar-refractivity contribution in [1.29, 1.82) is 0 Å². The molecule has 2 rings (SSSR count). The van der Waals surface area contributed by atoms with Crippen molar-refractivity contribution in [3.63, 3.8) is 0 Å². The van der Waals surface area contributed by atoms with Gasteiger partial charge in [-0.05, 0) is 42.9 Å². The normalized spacial score (nSPS) is 29.8. The Labute approximate surface area is 146 Å². The lowest BCUT2D eigenvalue weighted by Gasteiger charge is -2.12. The monoisotopic (exact) mass is 334 g/mol. The van der Waals surface area contributed by atoms with Crippen molar-refractivity contribution in [2.75, 3.05) is 0 Å². The van der Waals surface area contributed by atoms with Crippen LogP contribution in [0.1, 0.15) is 78.1 Å². The lowest BCUT2D eigenvalue weighted by molar-refractivity contribution is -0.137. The zero-order valence-electron chi connectivity index (χ0n) is 15.4. The Kier molecular flexibility index (Phi) is 7.51. The average molecular weight is 335 g/mol. The van der Waals surface area contributed by atoms with E-state index < -0.39 is 5.97 Å². The first-order valence-corrected chi connectivity index (χ1v) is 9.97. The van der Waals surface area contributed by atoms with Crippen LogP contribution in [0.3, 0.4) is 0 Å². The van der Waals surface area contributed by atoms with Crippen LogP contribution in [0, 0.1) is 29.6 Å². The molecule has 0 aromatic carbocycles. The van der Waals surface area contributed by atoms with E-state index in [1.54, 1.807) is 0 Å². The highest BCUT2D eigenvalue weighted by Crippen LogP contribution is 2.60. The predicted octanol–water partition coefficient (Wildman–Crippen LogP) is 5.25. The molecule has 136 valence electrons. The number of allylic oxidation sites excluding steroid dienone is 2. The van der Waals surface area contributed by atoms with Gasteiger partial charge in [-0.1, -0.05) is 58.1 Å². The molecule has 2 fully saturated rings. The van der Waals surface area contributed by atoms with Gasteiger partial charge in [-0.25, -0.2) is 0 Å². The Morgan fingerprint density at radius 1 is 1.25 bits per heavy atom. The van der Waals surface area contributed by atoms with E-state index >= 15 is 0 Å². The number of Topliss-reactive ketones (excluding diaryl/α,β-unsaturated/α-hetero) is 1. The third-order valence-corrected chi connectivity index (χ3v) is 5.94. The molecule has 4 unspecified atom stereocenters. The number of ketones is 1. The van der Waals surface area contributed by atoms with Gasteiger partial charge in [0.05, 0.1) is 0 Å². The summed E-state index contributed by atoms with van der Waals surface area (Å²) in [5.74, 6) is 2.63. The molecule has 2 saturated carbocycles. The number of hydrogen-bond acceptors (Lipinski definition) is 2. The lowest BCUT2D eigenvalue weighted by atomic mass is 9.92. The summed E-state index contributed by atoms with van der Waals surface area (Å²) < 4.78 is 0. The van der Waals surface area contributed by atoms with Crippen LogP contribution in [0.2, 0.25) is 0 Å². The Hall–Kier alpha value is -1.12. The highest BCUT2D eigenvalue weighted by atomic mass is 16.4. The van der Waals surface area contributed by atoms with Crippen LogP contribution in [0.25, 0.3) is 0 Å². The van der Waals surface area contributed by atoms with Crippen LogP contribution in [-0.2, 0) is 9.59 Å². The van der Waals surface area contributed by atoms with Crippen molar-refractivity contribution in [2.45, 2.75) is 78.1 Å². The summed E-state index contributed by atoms with van der Waals surface area (Å²) in [6, 6.07) is 0. The minimum Gasteiger partial charge on any atom is -0.481 e. The van der Waals surface area contributed by atoms with Crippen molar-refractivity contribution < 1.29 is 14.7 Å². The Morgan fingerprint density at radius 2 is 2.00 bits per heavy atom. The van der Waals surface area contributed by atoms with Gasteiger partial charge < -0.3 is 5.11 Å². The van der Waals surface area contributed by atoms with Crippen molar-refractivity contribution in [2.24, 2.45) is 29.6 Å². The quantitative estimate of drug-likeness (QED) is 0.392. The van der Waals surface area contributed by atoms with Gasteiger partial charge in [0.1, 0.15) is 5.78 Å². The third-order valence-electron chi connectivity index (χ3n) is 5.94. The highest BCUT2D eigenvalue weighted by molar-refractivity contribution is 5.85. The van der Waals surface area contributed by atoms with Crippen LogP contribution < -0.4 is 0 Å². The number of carbonyl (C=O) groups excluding carboxylic acids is 1. The molecule has 0 saturated heterocycles. The van der Waals surface area contributed by atoms with Gasteiger partial charge in [-0.3, -0.25) is 9.59 Å². The van der Waals surface area contributed by atoms with E-state index in [4.69, 9.17) is 5.11 Å². The molecule has 2 aliphatic rings. The van der Waals surface area contributed by atoms with Crippen LogP contribution in [0.4, 0.5) is 0 Å². The Balaban J connectivity index is 1.66. The molecule has 0 spiro atoms. The number of carboxylic acids is 1. The summed E-state index contributed by atoms with van der Waals surface area (Å²) in [5.41, 5.74) is 0. The minimum absolute atomic E-state index is 0.274.